The Hall–Kier alpha value is -3.36. The number of carbonyl (C=O) groups excluding carboxylic acids is 2. The molecular formula is C29H31FN2O5. The molecule has 5 rings (SSSR count). The van der Waals surface area contributed by atoms with Gasteiger partial charge in [0.05, 0.1) is 36.8 Å². The molecule has 4 atom stereocenters. The van der Waals surface area contributed by atoms with Crippen LogP contribution in [0.4, 0.5) is 4.39 Å². The van der Waals surface area contributed by atoms with Crippen LogP contribution in [0.15, 0.2) is 53.7 Å². The van der Waals surface area contributed by atoms with Gasteiger partial charge in [0, 0.05) is 18.7 Å². The van der Waals surface area contributed by atoms with E-state index in [0.717, 1.165) is 22.4 Å². The monoisotopic (exact) mass is 506 g/mol. The van der Waals surface area contributed by atoms with Crippen LogP contribution in [0.1, 0.15) is 43.9 Å². The van der Waals surface area contributed by atoms with E-state index in [1.807, 2.05) is 31.2 Å². The van der Waals surface area contributed by atoms with Gasteiger partial charge in [-0.05, 0) is 78.3 Å². The van der Waals surface area contributed by atoms with Gasteiger partial charge in [0.15, 0.2) is 11.6 Å². The number of likely N-dealkylation sites (tertiary alicyclic amines) is 1. The summed E-state index contributed by atoms with van der Waals surface area (Å²) >= 11 is 0. The summed E-state index contributed by atoms with van der Waals surface area (Å²) in [5.41, 5.74) is 3.98. The standard InChI is InChI=1S/C29H31FN2O5/c1-2-11-32-28(35)20-14-19(15-33)26-21(27(20)29(32)36)16-37-25(26)9-7-18(23-5-3-4-10-31-23)12-17-6-8-24(34)22(30)13-17/h3-6,8,10,12-13,20-21,25,27,33-34H,2,7,9,11,14-16H2,1H3/b18-12-/t20-,21+,25-,27-/m1/s1. The van der Waals surface area contributed by atoms with Gasteiger partial charge in [-0.25, -0.2) is 4.39 Å². The van der Waals surface area contributed by atoms with Crippen molar-refractivity contribution in [3.8, 4) is 5.75 Å². The smallest absolute Gasteiger partial charge is 0.233 e. The highest BCUT2D eigenvalue weighted by atomic mass is 19.1. The van der Waals surface area contributed by atoms with Crippen molar-refractivity contribution in [2.24, 2.45) is 17.8 Å². The van der Waals surface area contributed by atoms with Gasteiger partial charge in [0.2, 0.25) is 11.8 Å². The molecule has 0 spiro atoms. The molecule has 1 aromatic heterocycles. The Morgan fingerprint density at radius 2 is 2.05 bits per heavy atom. The van der Waals surface area contributed by atoms with Crippen molar-refractivity contribution in [3.63, 3.8) is 0 Å². The number of phenols is 1. The number of aromatic hydroxyl groups is 1. The van der Waals surface area contributed by atoms with E-state index in [1.165, 1.54) is 17.0 Å². The maximum absolute atomic E-state index is 14.0. The number of fused-ring (bicyclic) bond motifs is 3. The molecule has 2 saturated heterocycles. The van der Waals surface area contributed by atoms with Crippen LogP contribution in [0.25, 0.3) is 11.6 Å². The van der Waals surface area contributed by atoms with Gasteiger partial charge in [-0.2, -0.15) is 0 Å². The van der Waals surface area contributed by atoms with Crippen molar-refractivity contribution in [2.45, 2.75) is 38.7 Å². The first kappa shape index (κ1) is 25.3. The summed E-state index contributed by atoms with van der Waals surface area (Å²) in [5.74, 6) is -2.42. The number of pyridine rings is 1. The third-order valence-electron chi connectivity index (χ3n) is 7.72. The number of benzene rings is 1. The van der Waals surface area contributed by atoms with Crippen LogP contribution in [0.3, 0.4) is 0 Å². The topological polar surface area (TPSA) is 100.0 Å². The van der Waals surface area contributed by atoms with Crippen LogP contribution in [-0.2, 0) is 14.3 Å². The van der Waals surface area contributed by atoms with Crippen LogP contribution < -0.4 is 0 Å². The fourth-order valence-corrected chi connectivity index (χ4v) is 6.06. The summed E-state index contributed by atoms with van der Waals surface area (Å²) in [7, 11) is 0. The number of rotatable bonds is 8. The van der Waals surface area contributed by atoms with E-state index >= 15 is 0 Å². The Kier molecular flexibility index (Phi) is 7.22. The van der Waals surface area contributed by atoms with Crippen molar-refractivity contribution in [1.29, 1.82) is 0 Å². The molecule has 2 amide bonds. The number of aliphatic hydroxyl groups is 1. The predicted molar refractivity (Wildman–Crippen MR) is 135 cm³/mol. The van der Waals surface area contributed by atoms with E-state index in [9.17, 15) is 24.2 Å². The van der Waals surface area contributed by atoms with Crippen LogP contribution >= 0.6 is 0 Å². The van der Waals surface area contributed by atoms with Crippen molar-refractivity contribution in [2.75, 3.05) is 19.8 Å². The summed E-state index contributed by atoms with van der Waals surface area (Å²) in [4.78, 5) is 32.0. The average molecular weight is 507 g/mol. The highest BCUT2D eigenvalue weighted by Crippen LogP contribution is 2.49. The van der Waals surface area contributed by atoms with Crippen LogP contribution in [0.2, 0.25) is 0 Å². The number of allylic oxidation sites excluding steroid dienone is 1. The molecule has 0 saturated carbocycles. The number of phenolic OH excluding ortho intramolecular Hbond substituents is 1. The molecule has 0 bridgehead atoms. The fraction of sp³-hybridized carbons (Fsp3) is 0.414. The zero-order chi connectivity index (χ0) is 26.1. The Bertz CT molecular complexity index is 1260. The van der Waals surface area contributed by atoms with Gasteiger partial charge < -0.3 is 14.9 Å². The van der Waals surface area contributed by atoms with E-state index < -0.39 is 23.4 Å². The number of halogens is 1. The van der Waals surface area contributed by atoms with Crippen molar-refractivity contribution in [1.82, 2.24) is 9.88 Å². The number of hydrogen-bond donors (Lipinski definition) is 2. The highest BCUT2D eigenvalue weighted by Gasteiger charge is 2.56. The molecule has 1 aromatic carbocycles. The predicted octanol–water partition coefficient (Wildman–Crippen LogP) is 3.97. The minimum atomic E-state index is -0.696. The molecule has 1 aliphatic carbocycles. The van der Waals surface area contributed by atoms with E-state index in [1.54, 1.807) is 12.3 Å². The molecule has 194 valence electrons. The number of ether oxygens (including phenoxy) is 1. The molecule has 0 radical (unpaired) electrons. The number of aliphatic hydroxyl groups excluding tert-OH is 1. The minimum Gasteiger partial charge on any atom is -0.505 e. The van der Waals surface area contributed by atoms with Gasteiger partial charge in [0.25, 0.3) is 0 Å². The van der Waals surface area contributed by atoms with Gasteiger partial charge >= 0.3 is 0 Å². The summed E-state index contributed by atoms with van der Waals surface area (Å²) in [6, 6.07) is 9.83. The summed E-state index contributed by atoms with van der Waals surface area (Å²) in [6.07, 6.45) is 5.48. The fourth-order valence-electron chi connectivity index (χ4n) is 6.06. The maximum atomic E-state index is 14.0. The number of aromatic nitrogens is 1. The van der Waals surface area contributed by atoms with Gasteiger partial charge in [-0.3, -0.25) is 19.5 Å². The van der Waals surface area contributed by atoms with Crippen LogP contribution in [0, 0.1) is 23.6 Å². The summed E-state index contributed by atoms with van der Waals surface area (Å²) in [6.45, 7) is 2.54. The number of imide groups is 1. The summed E-state index contributed by atoms with van der Waals surface area (Å²) < 4.78 is 20.2. The van der Waals surface area contributed by atoms with Crippen molar-refractivity contribution < 1.29 is 28.9 Å². The molecule has 2 aromatic rings. The van der Waals surface area contributed by atoms with Crippen LogP contribution in [-0.4, -0.2) is 57.8 Å². The molecule has 3 heterocycles. The third kappa shape index (κ3) is 4.71. The zero-order valence-electron chi connectivity index (χ0n) is 20.8. The minimum absolute atomic E-state index is 0.121. The summed E-state index contributed by atoms with van der Waals surface area (Å²) in [5, 5.41) is 19.7. The van der Waals surface area contributed by atoms with E-state index in [-0.39, 0.29) is 30.4 Å². The number of amides is 2. The Labute approximate surface area is 215 Å². The van der Waals surface area contributed by atoms with E-state index in [4.69, 9.17) is 4.74 Å². The number of hydrogen-bond acceptors (Lipinski definition) is 6. The molecule has 0 unspecified atom stereocenters. The van der Waals surface area contributed by atoms with Crippen LogP contribution in [0.5, 0.6) is 5.75 Å². The largest absolute Gasteiger partial charge is 0.505 e. The normalized spacial score (nSPS) is 25.6. The first-order chi connectivity index (χ1) is 17.9. The third-order valence-corrected chi connectivity index (χ3v) is 7.72. The van der Waals surface area contributed by atoms with Gasteiger partial charge in [0.1, 0.15) is 0 Å². The Balaban J connectivity index is 1.41. The molecular weight excluding hydrogens is 475 g/mol. The lowest BCUT2D eigenvalue weighted by atomic mass is 9.69. The van der Waals surface area contributed by atoms with E-state index in [0.29, 0.717) is 44.4 Å². The lowest BCUT2D eigenvalue weighted by Gasteiger charge is -2.31. The average Bonchev–Trinajstić information content (AvgIpc) is 3.43. The lowest BCUT2D eigenvalue weighted by Crippen LogP contribution is -2.35. The highest BCUT2D eigenvalue weighted by molar-refractivity contribution is 6.06. The van der Waals surface area contributed by atoms with Crippen molar-refractivity contribution >= 4 is 23.5 Å². The Morgan fingerprint density at radius 1 is 1.22 bits per heavy atom. The quantitative estimate of drug-likeness (QED) is 0.415. The van der Waals surface area contributed by atoms with Crippen molar-refractivity contribution in [3.05, 3.63) is 70.8 Å². The molecule has 37 heavy (non-hydrogen) atoms. The molecule has 7 nitrogen and oxygen atoms in total. The first-order valence-electron chi connectivity index (χ1n) is 12.8. The number of nitrogens with zero attached hydrogens (tertiary/aromatic N) is 2. The van der Waals surface area contributed by atoms with Gasteiger partial charge in [-0.1, -0.05) is 19.1 Å². The second kappa shape index (κ2) is 10.6. The molecule has 8 heteroatoms. The second-order valence-electron chi connectivity index (χ2n) is 9.94. The Morgan fingerprint density at radius 3 is 2.76 bits per heavy atom. The molecule has 2 N–H and O–H groups in total. The zero-order valence-corrected chi connectivity index (χ0v) is 20.8. The van der Waals surface area contributed by atoms with E-state index in [2.05, 4.69) is 4.98 Å². The lowest BCUT2D eigenvalue weighted by molar-refractivity contribution is -0.140. The maximum Gasteiger partial charge on any atom is 0.233 e. The SMILES string of the molecule is CCCN1C(=O)[C@@H]2[C@@H](CC(CO)=C3[C@@H](CC/C(=C/c4ccc(O)c(F)c4)c4ccccn4)OC[C@@H]32)C1=O. The first-order valence-corrected chi connectivity index (χ1v) is 12.8. The van der Waals surface area contributed by atoms with Gasteiger partial charge in [-0.15, -0.1) is 0 Å². The number of carbonyl (C=O) groups is 2. The molecule has 2 fully saturated rings. The molecule has 3 aliphatic rings. The molecule has 2 aliphatic heterocycles. The second-order valence-corrected chi connectivity index (χ2v) is 9.94.